The van der Waals surface area contributed by atoms with Gasteiger partial charge < -0.3 is 10.6 Å². The molecule has 2 N–H and O–H groups in total. The number of likely N-dealkylation sites (tertiary alicyclic amines) is 1. The van der Waals surface area contributed by atoms with Gasteiger partial charge in [-0.05, 0) is 33.4 Å². The molecule has 0 aromatic heterocycles. The molecule has 0 saturated carbocycles. The Bertz CT molecular complexity index is 158. The first-order valence-electron chi connectivity index (χ1n) is 4.12. The molecule has 2 atom stereocenters. The van der Waals surface area contributed by atoms with E-state index >= 15 is 0 Å². The van der Waals surface area contributed by atoms with Gasteiger partial charge in [0.05, 0.1) is 5.92 Å². The van der Waals surface area contributed by atoms with Gasteiger partial charge in [0.15, 0.2) is 0 Å². The predicted molar refractivity (Wildman–Crippen MR) is 44.0 cm³/mol. The van der Waals surface area contributed by atoms with Gasteiger partial charge in [0, 0.05) is 6.04 Å². The van der Waals surface area contributed by atoms with E-state index in [0.29, 0.717) is 6.04 Å². The number of hydrogen-bond acceptors (Lipinski definition) is 2. The summed E-state index contributed by atoms with van der Waals surface area (Å²) in [5.74, 6) is -0.0854. The molecule has 0 aromatic carbocycles. The van der Waals surface area contributed by atoms with Crippen molar-refractivity contribution < 1.29 is 4.79 Å². The molecule has 1 fully saturated rings. The van der Waals surface area contributed by atoms with Crippen molar-refractivity contribution in [1.82, 2.24) is 4.90 Å². The summed E-state index contributed by atoms with van der Waals surface area (Å²) in [5.41, 5.74) is 5.25. The van der Waals surface area contributed by atoms with Crippen molar-refractivity contribution >= 4 is 5.91 Å². The van der Waals surface area contributed by atoms with Gasteiger partial charge in [-0.1, -0.05) is 0 Å². The highest BCUT2D eigenvalue weighted by atomic mass is 16.1. The highest BCUT2D eigenvalue weighted by Crippen LogP contribution is 2.21. The molecule has 64 valence electrons. The number of nitrogens with zero attached hydrogens (tertiary/aromatic N) is 1. The molecule has 3 heteroatoms. The molecule has 1 rings (SSSR count). The Morgan fingerprint density at radius 1 is 1.64 bits per heavy atom. The fraction of sp³-hybridized carbons (Fsp3) is 0.875. The summed E-state index contributed by atoms with van der Waals surface area (Å²) < 4.78 is 0. The minimum absolute atomic E-state index is 0.0637. The predicted octanol–water partition coefficient (Wildman–Crippen LogP) is 0.202. The summed E-state index contributed by atoms with van der Waals surface area (Å²) in [4.78, 5) is 13.1. The maximum Gasteiger partial charge on any atom is 0.222 e. The number of rotatable bonds is 1. The van der Waals surface area contributed by atoms with Crippen molar-refractivity contribution in [2.75, 3.05) is 13.6 Å². The van der Waals surface area contributed by atoms with Crippen LogP contribution in [0.25, 0.3) is 0 Å². The molecule has 0 aliphatic carbocycles. The van der Waals surface area contributed by atoms with Gasteiger partial charge in [-0.3, -0.25) is 4.79 Å². The summed E-state index contributed by atoms with van der Waals surface area (Å²) in [6, 6.07) is 0.321. The molecule has 1 heterocycles. The molecule has 1 aliphatic rings. The van der Waals surface area contributed by atoms with Crippen molar-refractivity contribution in [1.29, 1.82) is 0 Å². The van der Waals surface area contributed by atoms with Crippen LogP contribution < -0.4 is 5.73 Å². The van der Waals surface area contributed by atoms with Gasteiger partial charge in [-0.15, -0.1) is 0 Å². The smallest absolute Gasteiger partial charge is 0.222 e. The normalized spacial score (nSPS) is 33.6. The van der Waals surface area contributed by atoms with E-state index in [4.69, 9.17) is 5.73 Å². The SMILES string of the molecule is CC1C(C(N)=O)CCCN1C. The molecule has 1 amide bonds. The zero-order valence-corrected chi connectivity index (χ0v) is 7.21. The third kappa shape index (κ3) is 1.71. The molecule has 0 radical (unpaired) electrons. The van der Waals surface area contributed by atoms with Gasteiger partial charge in [-0.25, -0.2) is 0 Å². The maximum atomic E-state index is 10.9. The van der Waals surface area contributed by atoms with E-state index in [-0.39, 0.29) is 11.8 Å². The number of primary amides is 1. The second-order valence-corrected chi connectivity index (χ2v) is 3.37. The van der Waals surface area contributed by atoms with Gasteiger partial charge in [0.25, 0.3) is 0 Å². The minimum Gasteiger partial charge on any atom is -0.369 e. The van der Waals surface area contributed by atoms with Crippen LogP contribution in [0.2, 0.25) is 0 Å². The van der Waals surface area contributed by atoms with Crippen LogP contribution in [0.3, 0.4) is 0 Å². The van der Waals surface area contributed by atoms with Crippen molar-refractivity contribution in [3.8, 4) is 0 Å². The molecular weight excluding hydrogens is 140 g/mol. The Balaban J connectivity index is 2.58. The third-order valence-corrected chi connectivity index (χ3v) is 2.67. The van der Waals surface area contributed by atoms with Gasteiger partial charge >= 0.3 is 0 Å². The number of amides is 1. The van der Waals surface area contributed by atoms with Crippen LogP contribution in [0, 0.1) is 5.92 Å². The minimum atomic E-state index is -0.149. The Labute approximate surface area is 67.5 Å². The van der Waals surface area contributed by atoms with Crippen molar-refractivity contribution in [3.05, 3.63) is 0 Å². The van der Waals surface area contributed by atoms with E-state index in [1.54, 1.807) is 0 Å². The van der Waals surface area contributed by atoms with E-state index in [1.807, 2.05) is 7.05 Å². The number of nitrogens with two attached hydrogens (primary N) is 1. The van der Waals surface area contributed by atoms with E-state index in [9.17, 15) is 4.79 Å². The molecule has 3 nitrogen and oxygen atoms in total. The van der Waals surface area contributed by atoms with Crippen LogP contribution in [-0.2, 0) is 4.79 Å². The molecule has 1 saturated heterocycles. The number of carbonyl (C=O) groups excluding carboxylic acids is 1. The zero-order chi connectivity index (χ0) is 8.43. The van der Waals surface area contributed by atoms with Crippen LogP contribution in [0.1, 0.15) is 19.8 Å². The molecule has 0 spiro atoms. The lowest BCUT2D eigenvalue weighted by atomic mass is 9.90. The summed E-state index contributed by atoms with van der Waals surface area (Å²) in [6.45, 7) is 3.15. The Hall–Kier alpha value is -0.570. The van der Waals surface area contributed by atoms with Gasteiger partial charge in [0.1, 0.15) is 0 Å². The van der Waals surface area contributed by atoms with Crippen LogP contribution in [-0.4, -0.2) is 30.4 Å². The second-order valence-electron chi connectivity index (χ2n) is 3.37. The molecular formula is C8H16N2O. The van der Waals surface area contributed by atoms with Crippen LogP contribution in [0.4, 0.5) is 0 Å². The molecule has 0 aromatic rings. The standard InChI is InChI=1S/C8H16N2O/c1-6-7(8(9)11)4-3-5-10(6)2/h6-7H,3-5H2,1-2H3,(H2,9,11). The summed E-state index contributed by atoms with van der Waals surface area (Å²) in [7, 11) is 2.04. The topological polar surface area (TPSA) is 46.3 Å². The fourth-order valence-corrected chi connectivity index (χ4v) is 1.69. The summed E-state index contributed by atoms with van der Waals surface area (Å²) in [6.07, 6.45) is 2.05. The van der Waals surface area contributed by atoms with Gasteiger partial charge in [0.2, 0.25) is 5.91 Å². The largest absolute Gasteiger partial charge is 0.369 e. The highest BCUT2D eigenvalue weighted by Gasteiger charge is 2.28. The second kappa shape index (κ2) is 3.22. The summed E-state index contributed by atoms with van der Waals surface area (Å²) >= 11 is 0. The number of piperidine rings is 1. The quantitative estimate of drug-likeness (QED) is 0.589. The van der Waals surface area contributed by atoms with E-state index in [2.05, 4.69) is 11.8 Å². The van der Waals surface area contributed by atoms with Crippen LogP contribution in [0.5, 0.6) is 0 Å². The van der Waals surface area contributed by atoms with Gasteiger partial charge in [-0.2, -0.15) is 0 Å². The highest BCUT2D eigenvalue weighted by molar-refractivity contribution is 5.77. The van der Waals surface area contributed by atoms with E-state index < -0.39 is 0 Å². The molecule has 1 aliphatic heterocycles. The zero-order valence-electron chi connectivity index (χ0n) is 7.21. The Morgan fingerprint density at radius 2 is 2.27 bits per heavy atom. The average Bonchev–Trinajstić information content (AvgIpc) is 1.94. The first-order valence-corrected chi connectivity index (χ1v) is 4.12. The number of hydrogen-bond donors (Lipinski definition) is 1. The average molecular weight is 156 g/mol. The van der Waals surface area contributed by atoms with Crippen LogP contribution in [0.15, 0.2) is 0 Å². The van der Waals surface area contributed by atoms with E-state index in [0.717, 1.165) is 19.4 Å². The van der Waals surface area contributed by atoms with Crippen molar-refractivity contribution in [2.24, 2.45) is 11.7 Å². The lowest BCUT2D eigenvalue weighted by Gasteiger charge is -2.34. The third-order valence-electron chi connectivity index (χ3n) is 2.67. The monoisotopic (exact) mass is 156 g/mol. The first kappa shape index (κ1) is 8.53. The Kier molecular flexibility index (Phi) is 2.49. The van der Waals surface area contributed by atoms with E-state index in [1.165, 1.54) is 0 Å². The number of carbonyl (C=O) groups is 1. The van der Waals surface area contributed by atoms with Crippen molar-refractivity contribution in [3.63, 3.8) is 0 Å². The Morgan fingerprint density at radius 3 is 2.73 bits per heavy atom. The molecule has 0 bridgehead atoms. The maximum absolute atomic E-state index is 10.9. The first-order chi connectivity index (χ1) is 5.13. The lowest BCUT2D eigenvalue weighted by molar-refractivity contribution is -0.124. The van der Waals surface area contributed by atoms with Crippen LogP contribution >= 0.6 is 0 Å². The fourth-order valence-electron chi connectivity index (χ4n) is 1.69. The molecule has 2 unspecified atom stereocenters. The van der Waals surface area contributed by atoms with Crippen molar-refractivity contribution in [2.45, 2.75) is 25.8 Å². The molecule has 11 heavy (non-hydrogen) atoms. The summed E-state index contributed by atoms with van der Waals surface area (Å²) in [5, 5.41) is 0. The lowest BCUT2D eigenvalue weighted by Crippen LogP contribution is -2.46.